The lowest BCUT2D eigenvalue weighted by atomic mass is 9.95. The Hall–Kier alpha value is -2.51. The lowest BCUT2D eigenvalue weighted by Gasteiger charge is -2.21. The van der Waals surface area contributed by atoms with Crippen LogP contribution in [-0.2, 0) is 4.79 Å². The van der Waals surface area contributed by atoms with Crippen LogP contribution in [0.4, 0.5) is 10.8 Å². The van der Waals surface area contributed by atoms with Gasteiger partial charge in [0.25, 0.3) is 0 Å². The van der Waals surface area contributed by atoms with Crippen LogP contribution < -0.4 is 10.6 Å². The molecule has 156 valence electrons. The number of phenols is 1. The van der Waals surface area contributed by atoms with Crippen molar-refractivity contribution in [1.82, 2.24) is 4.98 Å². The van der Waals surface area contributed by atoms with Crippen LogP contribution in [0.2, 0.25) is 0 Å². The van der Waals surface area contributed by atoms with E-state index in [1.54, 1.807) is 22.7 Å². The number of aryl methyl sites for hydroxylation is 1. The SMILES string of the molecule is Cc1cc(O)c(C(C)C)cc1-c1csc(N2C(=O)C(C)SC2c2cccc(N)c2)n1. The van der Waals surface area contributed by atoms with Crippen molar-refractivity contribution < 1.29 is 9.90 Å². The number of nitrogens with two attached hydrogens (primary N) is 1. The first-order valence-electron chi connectivity index (χ1n) is 9.89. The summed E-state index contributed by atoms with van der Waals surface area (Å²) in [7, 11) is 0. The van der Waals surface area contributed by atoms with Crippen molar-refractivity contribution in [3.63, 3.8) is 0 Å². The smallest absolute Gasteiger partial charge is 0.242 e. The van der Waals surface area contributed by atoms with Crippen molar-refractivity contribution in [1.29, 1.82) is 0 Å². The molecule has 2 atom stereocenters. The van der Waals surface area contributed by atoms with Crippen molar-refractivity contribution in [2.45, 2.75) is 44.2 Å². The Balaban J connectivity index is 1.74. The van der Waals surface area contributed by atoms with Crippen molar-refractivity contribution in [3.8, 4) is 17.0 Å². The molecule has 0 saturated carbocycles. The standard InChI is InChI=1S/C23H25N3O2S2/c1-12(2)17-10-18(13(3)8-20(17)27)19-11-29-23(25-19)26-21(28)14(4)30-22(26)15-6-5-7-16(24)9-15/h5-12,14,22,27H,24H2,1-4H3. The molecule has 1 aliphatic rings. The number of carbonyl (C=O) groups is 1. The van der Waals surface area contributed by atoms with E-state index in [1.807, 2.05) is 49.6 Å². The number of aromatic hydroxyl groups is 1. The number of nitrogens with zero attached hydrogens (tertiary/aromatic N) is 2. The number of thiazole rings is 1. The fourth-order valence-electron chi connectivity index (χ4n) is 3.71. The van der Waals surface area contributed by atoms with Gasteiger partial charge in [-0.15, -0.1) is 23.1 Å². The van der Waals surface area contributed by atoms with Gasteiger partial charge < -0.3 is 10.8 Å². The van der Waals surface area contributed by atoms with E-state index in [4.69, 9.17) is 10.7 Å². The van der Waals surface area contributed by atoms with E-state index in [1.165, 1.54) is 11.3 Å². The van der Waals surface area contributed by atoms with E-state index in [2.05, 4.69) is 13.8 Å². The predicted octanol–water partition coefficient (Wildman–Crippen LogP) is 5.70. The van der Waals surface area contributed by atoms with Crippen LogP contribution in [0, 0.1) is 6.92 Å². The zero-order valence-corrected chi connectivity index (χ0v) is 19.1. The predicted molar refractivity (Wildman–Crippen MR) is 126 cm³/mol. The molecule has 1 saturated heterocycles. The molecule has 5 nitrogen and oxygen atoms in total. The average Bonchev–Trinajstić information content (AvgIpc) is 3.26. The minimum Gasteiger partial charge on any atom is -0.508 e. The number of hydrogen-bond donors (Lipinski definition) is 2. The average molecular weight is 440 g/mol. The number of anilines is 2. The second kappa shape index (κ2) is 7.96. The number of hydrogen-bond acceptors (Lipinski definition) is 6. The second-order valence-corrected chi connectivity index (χ2v) is 10.2. The van der Waals surface area contributed by atoms with Gasteiger partial charge in [0.05, 0.1) is 10.9 Å². The van der Waals surface area contributed by atoms with Gasteiger partial charge in [-0.1, -0.05) is 26.0 Å². The Morgan fingerprint density at radius 1 is 1.23 bits per heavy atom. The summed E-state index contributed by atoms with van der Waals surface area (Å²) in [6, 6.07) is 11.5. The zero-order chi connectivity index (χ0) is 21.6. The summed E-state index contributed by atoms with van der Waals surface area (Å²) in [5.41, 5.74) is 11.3. The molecule has 0 radical (unpaired) electrons. The molecular formula is C23H25N3O2S2. The molecule has 0 aliphatic carbocycles. The van der Waals surface area contributed by atoms with Crippen LogP contribution in [0.5, 0.6) is 5.75 Å². The van der Waals surface area contributed by atoms with Gasteiger partial charge in [0, 0.05) is 16.6 Å². The normalized spacial score (nSPS) is 19.1. The van der Waals surface area contributed by atoms with Gasteiger partial charge in [0.15, 0.2) is 5.13 Å². The molecule has 4 rings (SSSR count). The molecule has 1 fully saturated rings. The third kappa shape index (κ3) is 3.68. The lowest BCUT2D eigenvalue weighted by Crippen LogP contribution is -2.30. The van der Waals surface area contributed by atoms with Gasteiger partial charge in [-0.2, -0.15) is 0 Å². The molecule has 0 bridgehead atoms. The summed E-state index contributed by atoms with van der Waals surface area (Å²) in [6.07, 6.45) is 0. The maximum absolute atomic E-state index is 13.0. The third-order valence-corrected chi connectivity index (χ3v) is 7.51. The Labute approximate surface area is 184 Å². The number of rotatable bonds is 4. The molecular weight excluding hydrogens is 414 g/mol. The number of aromatic nitrogens is 1. The monoisotopic (exact) mass is 439 g/mol. The van der Waals surface area contributed by atoms with Crippen LogP contribution >= 0.6 is 23.1 Å². The van der Waals surface area contributed by atoms with E-state index in [9.17, 15) is 9.90 Å². The van der Waals surface area contributed by atoms with E-state index < -0.39 is 0 Å². The minimum atomic E-state index is -0.151. The van der Waals surface area contributed by atoms with E-state index >= 15 is 0 Å². The Bertz CT molecular complexity index is 1110. The molecule has 1 aliphatic heterocycles. The van der Waals surface area contributed by atoms with Gasteiger partial charge in [-0.25, -0.2) is 4.98 Å². The number of amides is 1. The Morgan fingerprint density at radius 2 is 2.00 bits per heavy atom. The fraction of sp³-hybridized carbons (Fsp3) is 0.304. The maximum atomic E-state index is 13.0. The number of nitrogen functional groups attached to an aromatic ring is 1. The minimum absolute atomic E-state index is 0.0543. The van der Waals surface area contributed by atoms with Gasteiger partial charge >= 0.3 is 0 Å². The van der Waals surface area contributed by atoms with E-state index in [-0.39, 0.29) is 22.4 Å². The highest BCUT2D eigenvalue weighted by Crippen LogP contribution is 2.47. The van der Waals surface area contributed by atoms with Crippen molar-refractivity contribution in [2.75, 3.05) is 10.6 Å². The molecule has 30 heavy (non-hydrogen) atoms. The molecule has 7 heteroatoms. The summed E-state index contributed by atoms with van der Waals surface area (Å²) >= 11 is 3.07. The van der Waals surface area contributed by atoms with Crippen LogP contribution in [-0.4, -0.2) is 21.2 Å². The topological polar surface area (TPSA) is 79.5 Å². The quantitative estimate of drug-likeness (QED) is 0.510. The highest BCUT2D eigenvalue weighted by molar-refractivity contribution is 8.01. The summed E-state index contributed by atoms with van der Waals surface area (Å²) in [6.45, 7) is 8.00. The van der Waals surface area contributed by atoms with Crippen LogP contribution in [0.3, 0.4) is 0 Å². The zero-order valence-electron chi connectivity index (χ0n) is 17.4. The van der Waals surface area contributed by atoms with Crippen LogP contribution in [0.25, 0.3) is 11.3 Å². The summed E-state index contributed by atoms with van der Waals surface area (Å²) in [4.78, 5) is 19.6. The summed E-state index contributed by atoms with van der Waals surface area (Å²) in [5.74, 6) is 0.565. The molecule has 2 aromatic carbocycles. The Morgan fingerprint density at radius 3 is 2.70 bits per heavy atom. The first kappa shape index (κ1) is 20.8. The molecule has 3 aromatic rings. The van der Waals surface area contributed by atoms with E-state index in [0.29, 0.717) is 16.6 Å². The Kier molecular flexibility index (Phi) is 5.51. The van der Waals surface area contributed by atoms with Gasteiger partial charge in [-0.05, 0) is 60.7 Å². The largest absolute Gasteiger partial charge is 0.508 e. The summed E-state index contributed by atoms with van der Waals surface area (Å²) in [5, 5.41) is 12.6. The number of phenolic OH excluding ortho intramolecular Hbond substituents is 1. The van der Waals surface area contributed by atoms with Crippen molar-refractivity contribution in [3.05, 3.63) is 58.5 Å². The highest BCUT2D eigenvalue weighted by Gasteiger charge is 2.41. The maximum Gasteiger partial charge on any atom is 0.242 e. The molecule has 2 unspecified atom stereocenters. The van der Waals surface area contributed by atoms with E-state index in [0.717, 1.165) is 27.9 Å². The highest BCUT2D eigenvalue weighted by atomic mass is 32.2. The number of carbonyl (C=O) groups excluding carboxylic acids is 1. The van der Waals surface area contributed by atoms with Gasteiger partial charge in [0.1, 0.15) is 11.1 Å². The first-order valence-corrected chi connectivity index (χ1v) is 11.7. The number of thioether (sulfide) groups is 1. The van der Waals surface area contributed by atoms with Gasteiger partial charge in [0.2, 0.25) is 5.91 Å². The van der Waals surface area contributed by atoms with Crippen LogP contribution in [0.15, 0.2) is 41.8 Å². The van der Waals surface area contributed by atoms with Crippen molar-refractivity contribution >= 4 is 39.8 Å². The number of benzene rings is 2. The molecule has 1 aromatic heterocycles. The van der Waals surface area contributed by atoms with Gasteiger partial charge in [-0.3, -0.25) is 9.69 Å². The lowest BCUT2D eigenvalue weighted by molar-refractivity contribution is -0.117. The fourth-order valence-corrected chi connectivity index (χ4v) is 5.87. The van der Waals surface area contributed by atoms with Crippen molar-refractivity contribution in [2.24, 2.45) is 0 Å². The molecule has 0 spiro atoms. The molecule has 2 heterocycles. The second-order valence-electron chi connectivity index (χ2n) is 7.90. The molecule has 1 amide bonds. The van der Waals surface area contributed by atoms with Crippen LogP contribution in [0.1, 0.15) is 48.8 Å². The first-order chi connectivity index (χ1) is 14.3. The summed E-state index contributed by atoms with van der Waals surface area (Å²) < 4.78 is 0. The third-order valence-electron chi connectivity index (χ3n) is 5.32. The molecule has 3 N–H and O–H groups in total.